The number of carbonyl (C=O) groups is 3. The highest BCUT2D eigenvalue weighted by molar-refractivity contribution is 5.91. The summed E-state index contributed by atoms with van der Waals surface area (Å²) in [5, 5.41) is 5.82. The number of alkyl carbamates (subject to hydrolysis) is 1. The Labute approximate surface area is 229 Å². The van der Waals surface area contributed by atoms with Crippen LogP contribution in [0.5, 0.6) is 0 Å². The Balaban J connectivity index is 1.55. The normalized spacial score (nSPS) is 15.2. The highest BCUT2D eigenvalue weighted by Crippen LogP contribution is 2.23. The van der Waals surface area contributed by atoms with Gasteiger partial charge in [-0.2, -0.15) is 0 Å². The molecule has 0 radical (unpaired) electrons. The Morgan fingerprint density at radius 2 is 1.44 bits per heavy atom. The first-order chi connectivity index (χ1) is 19.1. The standard InChI is InChI=1S/C32H34N2O5/c35-28(22-21-24-13-5-1-6-14-24)39-30(31(36)33-27-19-11-4-12-20-27)29(26-17-9-3-10-18-26)34-32(37)38-23-25-15-7-2-8-16-25/h1-3,5-10,13-18,21-22,27,29-30H,4,11-12,19-20,23H2,(H,33,36)(H,34,37)/b22-21+/t29-,30+/m0/s1. The summed E-state index contributed by atoms with van der Waals surface area (Å²) in [7, 11) is 0. The molecule has 202 valence electrons. The molecule has 1 aliphatic rings. The SMILES string of the molecule is O=C(/C=C/c1ccccc1)O[C@@H](C(=O)NC1CCCCC1)[C@@H](NC(=O)OCc1ccccc1)c1ccccc1. The first-order valence-corrected chi connectivity index (χ1v) is 13.3. The fourth-order valence-electron chi connectivity index (χ4n) is 4.58. The van der Waals surface area contributed by atoms with E-state index in [0.29, 0.717) is 5.56 Å². The molecular formula is C32H34N2O5. The van der Waals surface area contributed by atoms with Crippen LogP contribution in [0.3, 0.4) is 0 Å². The molecule has 1 aliphatic carbocycles. The number of amides is 2. The zero-order valence-electron chi connectivity index (χ0n) is 21.8. The van der Waals surface area contributed by atoms with Gasteiger partial charge in [-0.25, -0.2) is 9.59 Å². The molecule has 2 N–H and O–H groups in total. The quantitative estimate of drug-likeness (QED) is 0.260. The van der Waals surface area contributed by atoms with Crippen LogP contribution < -0.4 is 10.6 Å². The molecule has 0 aromatic heterocycles. The number of hydrogen-bond donors (Lipinski definition) is 2. The van der Waals surface area contributed by atoms with E-state index in [1.165, 1.54) is 6.08 Å². The second-order valence-corrected chi connectivity index (χ2v) is 9.54. The van der Waals surface area contributed by atoms with Gasteiger partial charge in [0.2, 0.25) is 6.10 Å². The first kappa shape index (κ1) is 27.6. The van der Waals surface area contributed by atoms with Crippen LogP contribution in [0.25, 0.3) is 6.08 Å². The summed E-state index contributed by atoms with van der Waals surface area (Å²) in [6, 6.07) is 26.6. The van der Waals surface area contributed by atoms with Crippen molar-refractivity contribution in [2.24, 2.45) is 0 Å². The molecule has 0 heterocycles. The largest absolute Gasteiger partial charge is 0.446 e. The predicted molar refractivity (Wildman–Crippen MR) is 149 cm³/mol. The van der Waals surface area contributed by atoms with Crippen LogP contribution in [0.2, 0.25) is 0 Å². The van der Waals surface area contributed by atoms with Crippen molar-refractivity contribution in [2.75, 3.05) is 0 Å². The lowest BCUT2D eigenvalue weighted by Gasteiger charge is -2.30. The Morgan fingerprint density at radius 1 is 0.821 bits per heavy atom. The smallest absolute Gasteiger partial charge is 0.408 e. The maximum atomic E-state index is 13.6. The molecule has 0 bridgehead atoms. The molecule has 0 aliphatic heterocycles. The van der Waals surface area contributed by atoms with E-state index in [-0.39, 0.29) is 12.6 Å². The molecule has 1 saturated carbocycles. The molecule has 7 heteroatoms. The summed E-state index contributed by atoms with van der Waals surface area (Å²) in [6.45, 7) is 0.0622. The second kappa shape index (κ2) is 14.5. The monoisotopic (exact) mass is 526 g/mol. The molecule has 2 atom stereocenters. The summed E-state index contributed by atoms with van der Waals surface area (Å²) in [6.07, 6.45) is 5.79. The van der Waals surface area contributed by atoms with E-state index in [1.807, 2.05) is 66.7 Å². The predicted octanol–water partition coefficient (Wildman–Crippen LogP) is 5.73. The number of carbonyl (C=O) groups excluding carboxylic acids is 3. The van der Waals surface area contributed by atoms with Gasteiger partial charge in [-0.1, -0.05) is 110 Å². The van der Waals surface area contributed by atoms with E-state index < -0.39 is 30.1 Å². The average Bonchev–Trinajstić information content (AvgIpc) is 2.99. The van der Waals surface area contributed by atoms with Gasteiger partial charge in [0.25, 0.3) is 5.91 Å². The number of esters is 1. The van der Waals surface area contributed by atoms with Crippen molar-refractivity contribution in [1.29, 1.82) is 0 Å². The summed E-state index contributed by atoms with van der Waals surface area (Å²) >= 11 is 0. The van der Waals surface area contributed by atoms with E-state index in [0.717, 1.165) is 43.2 Å². The van der Waals surface area contributed by atoms with Crippen molar-refractivity contribution >= 4 is 24.0 Å². The molecule has 0 spiro atoms. The van der Waals surface area contributed by atoms with E-state index in [1.54, 1.807) is 30.3 Å². The number of hydrogen-bond acceptors (Lipinski definition) is 5. The molecule has 3 aromatic rings. The third-order valence-electron chi connectivity index (χ3n) is 6.61. The van der Waals surface area contributed by atoms with Crippen LogP contribution in [0, 0.1) is 0 Å². The Bertz CT molecular complexity index is 1230. The highest BCUT2D eigenvalue weighted by Gasteiger charge is 2.35. The van der Waals surface area contributed by atoms with Gasteiger partial charge in [-0.05, 0) is 35.6 Å². The van der Waals surface area contributed by atoms with Crippen molar-refractivity contribution in [3.8, 4) is 0 Å². The van der Waals surface area contributed by atoms with Gasteiger partial charge in [-0.15, -0.1) is 0 Å². The molecule has 3 aromatic carbocycles. The van der Waals surface area contributed by atoms with Crippen molar-refractivity contribution in [3.63, 3.8) is 0 Å². The fraction of sp³-hybridized carbons (Fsp3) is 0.281. The lowest BCUT2D eigenvalue weighted by Crippen LogP contribution is -2.50. The van der Waals surface area contributed by atoms with Gasteiger partial charge >= 0.3 is 12.1 Å². The number of ether oxygens (including phenoxy) is 2. The van der Waals surface area contributed by atoms with Gasteiger partial charge in [0.15, 0.2) is 0 Å². The van der Waals surface area contributed by atoms with Gasteiger partial charge < -0.3 is 20.1 Å². The highest BCUT2D eigenvalue weighted by atomic mass is 16.6. The lowest BCUT2D eigenvalue weighted by molar-refractivity contribution is -0.153. The van der Waals surface area contributed by atoms with Crippen LogP contribution in [-0.4, -0.2) is 30.1 Å². The van der Waals surface area contributed by atoms with Crippen molar-refractivity contribution in [2.45, 2.75) is 56.9 Å². The maximum absolute atomic E-state index is 13.6. The molecule has 1 fully saturated rings. The van der Waals surface area contributed by atoms with Crippen molar-refractivity contribution in [1.82, 2.24) is 10.6 Å². The van der Waals surface area contributed by atoms with E-state index >= 15 is 0 Å². The molecule has 39 heavy (non-hydrogen) atoms. The average molecular weight is 527 g/mol. The molecule has 7 nitrogen and oxygen atoms in total. The van der Waals surface area contributed by atoms with Crippen LogP contribution >= 0.6 is 0 Å². The Hall–Kier alpha value is -4.39. The number of rotatable bonds is 10. The third-order valence-corrected chi connectivity index (χ3v) is 6.61. The molecule has 0 unspecified atom stereocenters. The zero-order valence-corrected chi connectivity index (χ0v) is 21.8. The summed E-state index contributed by atoms with van der Waals surface area (Å²) in [5.74, 6) is -1.15. The topological polar surface area (TPSA) is 93.7 Å². The van der Waals surface area contributed by atoms with Crippen LogP contribution in [-0.2, 0) is 25.7 Å². The second-order valence-electron chi connectivity index (χ2n) is 9.54. The van der Waals surface area contributed by atoms with E-state index in [2.05, 4.69) is 10.6 Å². The van der Waals surface area contributed by atoms with Gasteiger partial charge in [-0.3, -0.25) is 4.79 Å². The van der Waals surface area contributed by atoms with Crippen molar-refractivity contribution < 1.29 is 23.9 Å². The lowest BCUT2D eigenvalue weighted by atomic mass is 9.94. The summed E-state index contributed by atoms with van der Waals surface area (Å²) < 4.78 is 11.2. The fourth-order valence-corrected chi connectivity index (χ4v) is 4.58. The maximum Gasteiger partial charge on any atom is 0.408 e. The minimum absolute atomic E-state index is 0.00577. The molecule has 2 amide bonds. The Kier molecular flexibility index (Phi) is 10.3. The molecule has 4 rings (SSSR count). The zero-order chi connectivity index (χ0) is 27.3. The summed E-state index contributed by atoms with van der Waals surface area (Å²) in [5.41, 5.74) is 2.26. The Morgan fingerprint density at radius 3 is 2.10 bits per heavy atom. The minimum Gasteiger partial charge on any atom is -0.446 e. The molecule has 0 saturated heterocycles. The minimum atomic E-state index is -1.31. The number of nitrogens with one attached hydrogen (secondary N) is 2. The van der Waals surface area contributed by atoms with E-state index in [4.69, 9.17) is 9.47 Å². The number of benzene rings is 3. The van der Waals surface area contributed by atoms with Crippen LogP contribution in [0.1, 0.15) is 54.8 Å². The first-order valence-electron chi connectivity index (χ1n) is 13.3. The van der Waals surface area contributed by atoms with Crippen LogP contribution in [0.4, 0.5) is 4.79 Å². The van der Waals surface area contributed by atoms with Crippen molar-refractivity contribution in [3.05, 3.63) is 114 Å². The summed E-state index contributed by atoms with van der Waals surface area (Å²) in [4.78, 5) is 39.4. The molecular weight excluding hydrogens is 492 g/mol. The third kappa shape index (κ3) is 8.85. The van der Waals surface area contributed by atoms with Crippen LogP contribution in [0.15, 0.2) is 97.1 Å². The van der Waals surface area contributed by atoms with Gasteiger partial charge in [0.1, 0.15) is 12.6 Å². The van der Waals surface area contributed by atoms with Gasteiger partial charge in [0, 0.05) is 12.1 Å². The van der Waals surface area contributed by atoms with Gasteiger partial charge in [0.05, 0.1) is 0 Å². The van der Waals surface area contributed by atoms with E-state index in [9.17, 15) is 14.4 Å².